The lowest BCUT2D eigenvalue weighted by Crippen LogP contribution is -2.06. The molecule has 0 bridgehead atoms. The fourth-order valence-corrected chi connectivity index (χ4v) is 3.16. The first kappa shape index (κ1) is 13.9. The van der Waals surface area contributed by atoms with Gasteiger partial charge in [0.25, 0.3) is 0 Å². The molecule has 1 saturated carbocycles. The first-order valence-electron chi connectivity index (χ1n) is 7.65. The predicted molar refractivity (Wildman–Crippen MR) is 83.3 cm³/mol. The number of benzene rings is 1. The Balaban J connectivity index is 1.68. The van der Waals surface area contributed by atoms with Crippen molar-refractivity contribution in [1.29, 1.82) is 0 Å². The van der Waals surface area contributed by atoms with Crippen LogP contribution in [0.3, 0.4) is 0 Å². The number of hydrogen-bond acceptors (Lipinski definition) is 5. The van der Waals surface area contributed by atoms with E-state index in [0.29, 0.717) is 11.4 Å². The lowest BCUT2D eigenvalue weighted by Gasteiger charge is -2.10. The van der Waals surface area contributed by atoms with E-state index in [1.54, 1.807) is 6.07 Å². The molecule has 6 heteroatoms. The minimum atomic E-state index is 0.613. The van der Waals surface area contributed by atoms with Gasteiger partial charge in [0.05, 0.1) is 0 Å². The summed E-state index contributed by atoms with van der Waals surface area (Å²) in [5, 5.41) is 12.0. The van der Waals surface area contributed by atoms with Gasteiger partial charge in [-0.3, -0.25) is 0 Å². The molecule has 0 atom stereocenters. The van der Waals surface area contributed by atoms with E-state index in [1.165, 1.54) is 32.1 Å². The zero-order valence-corrected chi connectivity index (χ0v) is 12.2. The van der Waals surface area contributed by atoms with Crippen LogP contribution in [0.5, 0.6) is 0 Å². The summed E-state index contributed by atoms with van der Waals surface area (Å²) in [7, 11) is 0. The number of nitrogen functional groups attached to an aromatic ring is 2. The Labute approximate surface area is 124 Å². The summed E-state index contributed by atoms with van der Waals surface area (Å²) < 4.78 is 1.84. The third-order valence-corrected chi connectivity index (χ3v) is 4.31. The highest BCUT2D eigenvalue weighted by molar-refractivity contribution is 5.74. The normalized spacial score (nSPS) is 15.6. The molecule has 0 aliphatic heterocycles. The standard InChI is InChI=1S/C15H22N6/c16-12-7-8-13(14(17)10-12)15-18-19-20-21(15)9-3-6-11-4-1-2-5-11/h7-8,10-11H,1-6,9,16-17H2. The van der Waals surface area contributed by atoms with Crippen molar-refractivity contribution in [3.8, 4) is 11.4 Å². The van der Waals surface area contributed by atoms with Crippen molar-refractivity contribution < 1.29 is 0 Å². The highest BCUT2D eigenvalue weighted by Gasteiger charge is 2.16. The third kappa shape index (κ3) is 3.15. The number of aromatic nitrogens is 4. The first-order chi connectivity index (χ1) is 10.2. The molecular formula is C15H22N6. The Morgan fingerprint density at radius 2 is 2.00 bits per heavy atom. The van der Waals surface area contributed by atoms with Crippen LogP contribution in [0.25, 0.3) is 11.4 Å². The Morgan fingerprint density at radius 3 is 2.76 bits per heavy atom. The second kappa shape index (κ2) is 6.11. The van der Waals surface area contributed by atoms with Crippen molar-refractivity contribution >= 4 is 11.4 Å². The number of anilines is 2. The van der Waals surface area contributed by atoms with Gasteiger partial charge in [0.15, 0.2) is 5.82 Å². The van der Waals surface area contributed by atoms with Crippen LogP contribution in [-0.4, -0.2) is 20.2 Å². The highest BCUT2D eigenvalue weighted by Crippen LogP contribution is 2.29. The Morgan fingerprint density at radius 1 is 1.19 bits per heavy atom. The van der Waals surface area contributed by atoms with Crippen LogP contribution in [0, 0.1) is 5.92 Å². The van der Waals surface area contributed by atoms with Gasteiger partial charge < -0.3 is 11.5 Å². The summed E-state index contributed by atoms with van der Waals surface area (Å²) in [6.07, 6.45) is 7.92. The topological polar surface area (TPSA) is 95.6 Å². The quantitative estimate of drug-likeness (QED) is 0.823. The van der Waals surface area contributed by atoms with Gasteiger partial charge in [0.1, 0.15) is 0 Å². The minimum Gasteiger partial charge on any atom is -0.399 e. The molecule has 112 valence electrons. The van der Waals surface area contributed by atoms with E-state index in [4.69, 9.17) is 11.5 Å². The Hall–Kier alpha value is -2.11. The molecule has 0 spiro atoms. The number of nitrogens with zero attached hydrogens (tertiary/aromatic N) is 4. The summed E-state index contributed by atoms with van der Waals surface area (Å²) in [5.74, 6) is 1.62. The molecule has 1 aliphatic rings. The second-order valence-electron chi connectivity index (χ2n) is 5.87. The summed E-state index contributed by atoms with van der Waals surface area (Å²) in [4.78, 5) is 0. The lowest BCUT2D eigenvalue weighted by atomic mass is 10.0. The van der Waals surface area contributed by atoms with Gasteiger partial charge in [-0.25, -0.2) is 4.68 Å². The molecule has 21 heavy (non-hydrogen) atoms. The molecule has 1 fully saturated rings. The summed E-state index contributed by atoms with van der Waals surface area (Å²) >= 11 is 0. The number of nitrogens with two attached hydrogens (primary N) is 2. The number of hydrogen-bond donors (Lipinski definition) is 2. The Bertz CT molecular complexity index is 600. The van der Waals surface area contributed by atoms with Crippen LogP contribution in [0.4, 0.5) is 11.4 Å². The van der Waals surface area contributed by atoms with Crippen molar-refractivity contribution in [2.75, 3.05) is 11.5 Å². The molecule has 0 unspecified atom stereocenters. The average molecular weight is 286 g/mol. The van der Waals surface area contributed by atoms with Crippen LogP contribution in [0.2, 0.25) is 0 Å². The van der Waals surface area contributed by atoms with Crippen LogP contribution in [0.15, 0.2) is 18.2 Å². The maximum atomic E-state index is 6.02. The second-order valence-corrected chi connectivity index (χ2v) is 5.87. The van der Waals surface area contributed by atoms with Gasteiger partial charge >= 0.3 is 0 Å². The van der Waals surface area contributed by atoms with E-state index in [9.17, 15) is 0 Å². The van der Waals surface area contributed by atoms with E-state index >= 15 is 0 Å². The fourth-order valence-electron chi connectivity index (χ4n) is 3.16. The summed E-state index contributed by atoms with van der Waals surface area (Å²) in [6.45, 7) is 0.836. The molecule has 1 heterocycles. The Kier molecular flexibility index (Phi) is 4.03. The van der Waals surface area contributed by atoms with Crippen LogP contribution in [-0.2, 0) is 6.54 Å². The fraction of sp³-hybridized carbons (Fsp3) is 0.533. The average Bonchev–Trinajstić information content (AvgIpc) is 3.11. The lowest BCUT2D eigenvalue weighted by molar-refractivity contribution is 0.444. The van der Waals surface area contributed by atoms with Gasteiger partial charge in [-0.15, -0.1) is 5.10 Å². The van der Waals surface area contributed by atoms with Crippen molar-refractivity contribution in [3.05, 3.63) is 18.2 Å². The zero-order chi connectivity index (χ0) is 14.7. The van der Waals surface area contributed by atoms with Crippen molar-refractivity contribution in [2.24, 2.45) is 5.92 Å². The van der Waals surface area contributed by atoms with Crippen molar-refractivity contribution in [2.45, 2.75) is 45.1 Å². The van der Waals surface area contributed by atoms with Crippen molar-refractivity contribution in [1.82, 2.24) is 20.2 Å². The predicted octanol–water partition coefficient (Wildman–Crippen LogP) is 2.47. The first-order valence-corrected chi connectivity index (χ1v) is 7.65. The molecule has 3 rings (SSSR count). The molecule has 1 aromatic carbocycles. The van der Waals surface area contributed by atoms with E-state index < -0.39 is 0 Å². The van der Waals surface area contributed by atoms with Gasteiger partial charge in [-0.2, -0.15) is 0 Å². The molecular weight excluding hydrogens is 264 g/mol. The maximum Gasteiger partial charge on any atom is 0.184 e. The van der Waals surface area contributed by atoms with E-state index in [2.05, 4.69) is 15.5 Å². The van der Waals surface area contributed by atoms with Gasteiger partial charge in [-0.05, 0) is 47.4 Å². The molecule has 0 radical (unpaired) electrons. The molecule has 0 saturated heterocycles. The van der Waals surface area contributed by atoms with E-state index in [0.717, 1.165) is 30.3 Å². The summed E-state index contributed by atoms with van der Waals surface area (Å²) in [5.41, 5.74) is 13.9. The number of aryl methyl sites for hydroxylation is 1. The molecule has 1 aromatic heterocycles. The van der Waals surface area contributed by atoms with Crippen LogP contribution < -0.4 is 11.5 Å². The molecule has 0 amide bonds. The third-order valence-electron chi connectivity index (χ3n) is 4.31. The minimum absolute atomic E-state index is 0.613. The number of rotatable bonds is 5. The molecule has 1 aliphatic carbocycles. The smallest absolute Gasteiger partial charge is 0.184 e. The monoisotopic (exact) mass is 286 g/mol. The van der Waals surface area contributed by atoms with Gasteiger partial charge in [-0.1, -0.05) is 25.7 Å². The molecule has 4 N–H and O–H groups in total. The van der Waals surface area contributed by atoms with Gasteiger partial charge in [0.2, 0.25) is 0 Å². The maximum absolute atomic E-state index is 6.02. The van der Waals surface area contributed by atoms with E-state index in [-0.39, 0.29) is 0 Å². The summed E-state index contributed by atoms with van der Waals surface area (Å²) in [6, 6.07) is 5.44. The van der Waals surface area contributed by atoms with E-state index in [1.807, 2.05) is 16.8 Å². The zero-order valence-electron chi connectivity index (χ0n) is 12.2. The largest absolute Gasteiger partial charge is 0.399 e. The molecule has 6 nitrogen and oxygen atoms in total. The van der Waals surface area contributed by atoms with Gasteiger partial charge in [0, 0.05) is 23.5 Å². The molecule has 2 aromatic rings. The number of tetrazole rings is 1. The van der Waals surface area contributed by atoms with Crippen molar-refractivity contribution in [3.63, 3.8) is 0 Å². The highest BCUT2D eigenvalue weighted by atomic mass is 15.5. The SMILES string of the molecule is Nc1ccc(-c2nnnn2CCCC2CCCC2)c(N)c1. The van der Waals surface area contributed by atoms with Crippen LogP contribution >= 0.6 is 0 Å². The van der Waals surface area contributed by atoms with Crippen LogP contribution in [0.1, 0.15) is 38.5 Å².